The molecular weight excluding hydrogens is 991 g/mol. The largest absolute Gasteiger partial charge is 0.480 e. The smallest absolute Gasteiger partial charge is 0.325 e. The van der Waals surface area contributed by atoms with Crippen LogP contribution in [0.25, 0.3) is 0 Å². The van der Waals surface area contributed by atoms with E-state index in [4.69, 9.17) is 22.9 Å². The van der Waals surface area contributed by atoms with Crippen LogP contribution in [0.4, 0.5) is 0 Å². The Labute approximate surface area is 433 Å². The summed E-state index contributed by atoms with van der Waals surface area (Å²) in [7, 11) is 0. The third-order valence-electron chi connectivity index (χ3n) is 11.6. The van der Waals surface area contributed by atoms with Crippen LogP contribution in [0.3, 0.4) is 0 Å². The molecule has 0 aromatic heterocycles. The van der Waals surface area contributed by atoms with E-state index in [1.165, 1.54) is 37.4 Å². The Morgan fingerprint density at radius 2 is 1.21 bits per heavy atom. The number of nitrogens with zero attached hydrogens (tertiary/aromatic N) is 2. The van der Waals surface area contributed by atoms with Gasteiger partial charge in [-0.05, 0) is 94.3 Å². The zero-order valence-corrected chi connectivity index (χ0v) is 43.9. The van der Waals surface area contributed by atoms with Gasteiger partial charge in [-0.15, -0.1) is 0 Å². The van der Waals surface area contributed by atoms with Gasteiger partial charge >= 0.3 is 5.97 Å². The first-order valence-corrected chi connectivity index (χ1v) is 26.7. The van der Waals surface area contributed by atoms with Crippen LogP contribution in [0.2, 0.25) is 0 Å². The monoisotopic (exact) mass is 1070 g/mol. The van der Waals surface area contributed by atoms with Gasteiger partial charge in [-0.3, -0.25) is 52.9 Å². The summed E-state index contributed by atoms with van der Waals surface area (Å²) in [5.74, 6) is -8.92. The van der Waals surface area contributed by atoms with E-state index < -0.39 is 132 Å². The minimum atomic E-state index is -1.76. The predicted molar refractivity (Wildman–Crippen MR) is 276 cm³/mol. The second-order valence-electron chi connectivity index (χ2n) is 17.9. The van der Waals surface area contributed by atoms with Gasteiger partial charge in [0.25, 0.3) is 0 Å². The molecule has 0 radical (unpaired) electrons. The molecule has 1 fully saturated rings. The van der Waals surface area contributed by atoms with Gasteiger partial charge in [0, 0.05) is 13.1 Å². The molecule has 27 heteroatoms. The molecule has 1 saturated heterocycles. The Hall–Kier alpha value is -6.19. The van der Waals surface area contributed by atoms with Gasteiger partial charge in [0.15, 0.2) is 5.96 Å². The van der Waals surface area contributed by atoms with Crippen LogP contribution >= 0.6 is 23.5 Å². The Morgan fingerprint density at radius 3 is 1.73 bits per heavy atom. The molecule has 2 rings (SSSR count). The Balaban J connectivity index is 2.31. The fourth-order valence-electron chi connectivity index (χ4n) is 7.54. The molecular formula is C46H75N13O12S2. The fourth-order valence-corrected chi connectivity index (χ4v) is 8.48. The molecule has 10 atom stereocenters. The first-order valence-electron chi connectivity index (χ1n) is 23.9. The van der Waals surface area contributed by atoms with Crippen molar-refractivity contribution < 1.29 is 58.2 Å². The number of aliphatic hydroxyl groups excluding tert-OH is 1. The Kier molecular flexibility index (Phi) is 27.7. The summed E-state index contributed by atoms with van der Waals surface area (Å²) in [4.78, 5) is 138. The van der Waals surface area contributed by atoms with Crippen LogP contribution in [-0.2, 0) is 54.4 Å². The quantitative estimate of drug-likeness (QED) is 0.0189. The Morgan fingerprint density at radius 1 is 0.699 bits per heavy atom. The minimum absolute atomic E-state index is 0.00501. The number of thioether (sulfide) groups is 2. The summed E-state index contributed by atoms with van der Waals surface area (Å²) in [6.07, 6.45) is 2.34. The number of nitrogens with two attached hydrogens (primary N) is 4. The third kappa shape index (κ3) is 21.8. The van der Waals surface area contributed by atoms with Crippen LogP contribution in [0, 0.1) is 5.92 Å². The number of benzene rings is 1. The molecule has 1 aromatic carbocycles. The Bertz CT molecular complexity index is 2080. The number of carbonyl (C=O) groups excluding carboxylic acids is 9. The highest BCUT2D eigenvalue weighted by atomic mass is 32.2. The number of nitrogens with one attached hydrogen (secondary N) is 7. The van der Waals surface area contributed by atoms with Crippen molar-refractivity contribution in [1.82, 2.24) is 42.1 Å². The molecule has 9 amide bonds. The van der Waals surface area contributed by atoms with Crippen LogP contribution in [-0.4, -0.2) is 178 Å². The molecule has 0 aliphatic carbocycles. The summed E-state index contributed by atoms with van der Waals surface area (Å²) in [6, 6.07) is -2.80. The molecule has 0 spiro atoms. The van der Waals surface area contributed by atoms with E-state index in [0.717, 1.165) is 10.5 Å². The summed E-state index contributed by atoms with van der Waals surface area (Å²) < 4.78 is 0. The van der Waals surface area contributed by atoms with Crippen LogP contribution in [0.15, 0.2) is 35.3 Å². The molecule has 1 aromatic rings. The summed E-state index contributed by atoms with van der Waals surface area (Å²) in [5.41, 5.74) is 23.4. The molecule has 73 heavy (non-hydrogen) atoms. The lowest BCUT2D eigenvalue weighted by Crippen LogP contribution is -2.62. The molecule has 17 N–H and O–H groups in total. The van der Waals surface area contributed by atoms with Gasteiger partial charge in [-0.2, -0.15) is 23.5 Å². The molecule has 0 bridgehead atoms. The standard InChI is InChI=1S/C46H75N13O12S2/c1-24(2)35(57-39(64)30(16-20-72-5)54-38(63)29(14-10-18-51-46(49)50)53-37(62)28(47)22-27-12-8-7-9-13-27)42(67)55-31(17-21-73-6)40(65)58-36(26(4)60)43(68)56-32(23-34(48)61)44(69)59-19-11-15-33(59)41(66)52-25(3)45(70)71/h7-9,12-13,24-26,28-33,35-36,60H,10-11,14-23,47H2,1-6H3,(H2,48,61)(H,52,66)(H,53,62)(H,54,63)(H,55,67)(H,56,68)(H,57,64)(H,58,65)(H,70,71)(H4,49,50,51)/t25-,26+,28-,29-,30-,31-,32-,33-,35-,36-/m0/s1. The van der Waals surface area contributed by atoms with Gasteiger partial charge in [0.05, 0.1) is 18.6 Å². The van der Waals surface area contributed by atoms with Gasteiger partial charge < -0.3 is 75.3 Å². The van der Waals surface area contributed by atoms with Crippen LogP contribution in [0.5, 0.6) is 0 Å². The number of hydrogen-bond donors (Lipinski definition) is 13. The maximum Gasteiger partial charge on any atom is 0.325 e. The predicted octanol–water partition coefficient (Wildman–Crippen LogP) is -3.48. The number of carboxylic acid groups (broad SMARTS) is 1. The van der Waals surface area contributed by atoms with Gasteiger partial charge in [0.2, 0.25) is 53.2 Å². The normalized spacial score (nSPS) is 16.9. The van der Waals surface area contributed by atoms with E-state index in [-0.39, 0.29) is 57.6 Å². The molecule has 0 unspecified atom stereocenters. The highest BCUT2D eigenvalue weighted by molar-refractivity contribution is 7.98. The van der Waals surface area contributed by atoms with Gasteiger partial charge in [-0.1, -0.05) is 44.2 Å². The molecule has 25 nitrogen and oxygen atoms in total. The lowest BCUT2D eigenvalue weighted by Gasteiger charge is -2.31. The minimum Gasteiger partial charge on any atom is -0.480 e. The van der Waals surface area contributed by atoms with E-state index in [1.807, 2.05) is 18.2 Å². The lowest BCUT2D eigenvalue weighted by atomic mass is 10.0. The first kappa shape index (κ1) is 62.9. The number of aliphatic hydroxyl groups is 1. The molecule has 1 aliphatic heterocycles. The zero-order chi connectivity index (χ0) is 54.9. The number of aliphatic imine (C=N–C) groups is 1. The number of primary amides is 1. The van der Waals surface area contributed by atoms with E-state index >= 15 is 0 Å². The summed E-state index contributed by atoms with van der Waals surface area (Å²) in [5, 5.41) is 37.8. The van der Waals surface area contributed by atoms with Gasteiger partial charge in [-0.25, -0.2) is 0 Å². The van der Waals surface area contributed by atoms with E-state index in [9.17, 15) is 58.2 Å². The highest BCUT2D eigenvalue weighted by Crippen LogP contribution is 2.20. The molecule has 1 heterocycles. The average molecular weight is 1070 g/mol. The number of guanidine groups is 1. The number of amides is 9. The number of carboxylic acids is 1. The number of carbonyl (C=O) groups is 10. The lowest BCUT2D eigenvalue weighted by molar-refractivity contribution is -0.145. The SMILES string of the molecule is CSCC[C@H](NC(=O)[C@H](CCCN=C(N)N)NC(=O)[C@@H](N)Cc1ccccc1)C(=O)N[C@H](C(=O)N[C@@H](CCSC)C(=O)N[C@H](C(=O)N[C@@H](CC(N)=O)C(=O)N1CCC[C@H]1C(=O)N[C@@H](C)C(=O)O)[C@@H](C)O)C(C)C. The third-order valence-corrected chi connectivity index (χ3v) is 12.9. The van der Waals surface area contributed by atoms with Crippen LogP contribution in [0.1, 0.15) is 78.2 Å². The number of rotatable bonds is 32. The first-order chi connectivity index (χ1) is 34.4. The maximum absolute atomic E-state index is 14.1. The molecule has 1 aliphatic rings. The highest BCUT2D eigenvalue weighted by Gasteiger charge is 2.41. The number of hydrogen-bond acceptors (Lipinski definition) is 15. The van der Waals surface area contributed by atoms with Crippen molar-refractivity contribution >= 4 is 88.6 Å². The second kappa shape index (κ2) is 32.1. The van der Waals surface area contributed by atoms with E-state index in [1.54, 1.807) is 38.5 Å². The van der Waals surface area contributed by atoms with Crippen molar-refractivity contribution in [3.63, 3.8) is 0 Å². The number of likely N-dealkylation sites (tertiary alicyclic amines) is 1. The van der Waals surface area contributed by atoms with Crippen molar-refractivity contribution in [2.75, 3.05) is 37.1 Å². The van der Waals surface area contributed by atoms with Crippen molar-refractivity contribution in [2.45, 2.75) is 140 Å². The van der Waals surface area contributed by atoms with Crippen molar-refractivity contribution in [2.24, 2.45) is 33.8 Å². The summed E-state index contributed by atoms with van der Waals surface area (Å²) in [6.45, 7) is 5.86. The maximum atomic E-state index is 14.1. The van der Waals surface area contributed by atoms with Crippen molar-refractivity contribution in [3.8, 4) is 0 Å². The van der Waals surface area contributed by atoms with E-state index in [2.05, 4.69) is 42.2 Å². The fraction of sp³-hybridized carbons (Fsp3) is 0.630. The van der Waals surface area contributed by atoms with Crippen molar-refractivity contribution in [3.05, 3.63) is 35.9 Å². The second-order valence-corrected chi connectivity index (χ2v) is 19.9. The molecule has 408 valence electrons. The van der Waals surface area contributed by atoms with E-state index in [0.29, 0.717) is 17.9 Å². The zero-order valence-electron chi connectivity index (χ0n) is 42.2. The summed E-state index contributed by atoms with van der Waals surface area (Å²) >= 11 is 2.73. The topological polar surface area (TPSA) is 415 Å². The molecule has 0 saturated carbocycles. The average Bonchev–Trinajstić information content (AvgIpc) is 3.83. The number of aliphatic carboxylic acids is 1. The van der Waals surface area contributed by atoms with Gasteiger partial charge in [0.1, 0.15) is 48.3 Å². The van der Waals surface area contributed by atoms with Crippen LogP contribution < -0.4 is 60.2 Å². The van der Waals surface area contributed by atoms with Crippen molar-refractivity contribution in [1.29, 1.82) is 0 Å².